The third kappa shape index (κ3) is 4.80. The van der Waals surface area contributed by atoms with Gasteiger partial charge in [-0.25, -0.2) is 8.78 Å². The van der Waals surface area contributed by atoms with Crippen LogP contribution in [0.4, 0.5) is 8.78 Å². The van der Waals surface area contributed by atoms with E-state index in [1.807, 2.05) is 0 Å². The number of nitrogens with zero attached hydrogens (tertiary/aromatic N) is 2. The summed E-state index contributed by atoms with van der Waals surface area (Å²) in [5, 5.41) is 8.61. The van der Waals surface area contributed by atoms with Crippen molar-refractivity contribution in [1.82, 2.24) is 4.90 Å². The van der Waals surface area contributed by atoms with Gasteiger partial charge in [-0.3, -0.25) is 4.90 Å². The quantitative estimate of drug-likeness (QED) is 0.776. The van der Waals surface area contributed by atoms with Crippen LogP contribution in [0.15, 0.2) is 18.2 Å². The molecule has 0 atom stereocenters. The van der Waals surface area contributed by atoms with E-state index in [4.69, 9.17) is 5.26 Å². The highest BCUT2D eigenvalue weighted by Crippen LogP contribution is 2.12. The predicted molar refractivity (Wildman–Crippen MR) is 66.7 cm³/mol. The summed E-state index contributed by atoms with van der Waals surface area (Å²) < 4.78 is 25.9. The highest BCUT2D eigenvalue weighted by atomic mass is 19.2. The van der Waals surface area contributed by atoms with Gasteiger partial charge in [-0.15, -0.1) is 0 Å². The van der Waals surface area contributed by atoms with Gasteiger partial charge in [0.15, 0.2) is 11.6 Å². The highest BCUT2D eigenvalue weighted by molar-refractivity contribution is 5.17. The summed E-state index contributed by atoms with van der Waals surface area (Å²) in [6, 6.07) is 6.04. The van der Waals surface area contributed by atoms with E-state index in [9.17, 15) is 8.78 Å². The Kier molecular flexibility index (Phi) is 5.73. The summed E-state index contributed by atoms with van der Waals surface area (Å²) in [5.41, 5.74) is 0.729. The summed E-state index contributed by atoms with van der Waals surface area (Å²) in [5.74, 6) is -1.18. The summed E-state index contributed by atoms with van der Waals surface area (Å²) in [7, 11) is 0. The second-order valence-electron chi connectivity index (χ2n) is 4.79. The van der Waals surface area contributed by atoms with Gasteiger partial charge < -0.3 is 0 Å². The smallest absolute Gasteiger partial charge is 0.159 e. The Morgan fingerprint density at radius 1 is 1.28 bits per heavy atom. The van der Waals surface area contributed by atoms with Crippen molar-refractivity contribution in [3.8, 4) is 6.07 Å². The van der Waals surface area contributed by atoms with Crippen LogP contribution in [0.5, 0.6) is 0 Å². The number of hydrogen-bond acceptors (Lipinski definition) is 2. The van der Waals surface area contributed by atoms with E-state index in [1.54, 1.807) is 6.07 Å². The molecule has 0 radical (unpaired) electrons. The molecule has 0 saturated carbocycles. The molecule has 18 heavy (non-hydrogen) atoms. The van der Waals surface area contributed by atoms with Crippen molar-refractivity contribution in [2.75, 3.05) is 13.1 Å². The Morgan fingerprint density at radius 3 is 2.56 bits per heavy atom. The van der Waals surface area contributed by atoms with Gasteiger partial charge >= 0.3 is 0 Å². The van der Waals surface area contributed by atoms with Crippen molar-refractivity contribution in [1.29, 1.82) is 5.26 Å². The fourth-order valence-corrected chi connectivity index (χ4v) is 1.86. The number of benzene rings is 1. The first-order valence-electron chi connectivity index (χ1n) is 6.06. The Hall–Kier alpha value is -1.47. The van der Waals surface area contributed by atoms with Gasteiger partial charge in [0.2, 0.25) is 0 Å². The molecule has 2 nitrogen and oxygen atoms in total. The predicted octanol–water partition coefficient (Wildman–Crippen LogP) is 3.34. The van der Waals surface area contributed by atoms with Gasteiger partial charge in [0.1, 0.15) is 0 Å². The van der Waals surface area contributed by atoms with Crippen LogP contribution in [0.3, 0.4) is 0 Å². The summed E-state index contributed by atoms with van der Waals surface area (Å²) in [4.78, 5) is 2.08. The van der Waals surface area contributed by atoms with E-state index >= 15 is 0 Å². The summed E-state index contributed by atoms with van der Waals surface area (Å²) in [6.07, 6.45) is 0.441. The van der Waals surface area contributed by atoms with Gasteiger partial charge in [0.05, 0.1) is 6.07 Å². The van der Waals surface area contributed by atoms with E-state index in [1.165, 1.54) is 6.07 Å². The molecule has 4 heteroatoms. The molecular formula is C14H18F2N2. The molecule has 0 fully saturated rings. The second-order valence-corrected chi connectivity index (χ2v) is 4.79. The van der Waals surface area contributed by atoms with Crippen molar-refractivity contribution in [3.05, 3.63) is 35.4 Å². The Morgan fingerprint density at radius 2 is 2.00 bits per heavy atom. The second kappa shape index (κ2) is 7.07. The minimum absolute atomic E-state index is 0.441. The normalized spacial score (nSPS) is 10.9. The molecule has 0 aliphatic carbocycles. The maximum Gasteiger partial charge on any atom is 0.159 e. The molecule has 0 aliphatic rings. The van der Waals surface area contributed by atoms with Crippen molar-refractivity contribution in [3.63, 3.8) is 0 Å². The molecule has 0 aromatic heterocycles. The fourth-order valence-electron chi connectivity index (χ4n) is 1.86. The Balaban J connectivity index is 2.69. The van der Waals surface area contributed by atoms with Gasteiger partial charge in [0.25, 0.3) is 0 Å². The SMILES string of the molecule is CC(C)CN(CCC#N)Cc1ccc(F)c(F)c1. The zero-order valence-electron chi connectivity index (χ0n) is 10.8. The zero-order valence-corrected chi connectivity index (χ0v) is 10.8. The number of hydrogen-bond donors (Lipinski definition) is 0. The Bertz CT molecular complexity index is 424. The molecule has 0 amide bonds. The first-order chi connectivity index (χ1) is 8.52. The lowest BCUT2D eigenvalue weighted by atomic mass is 10.1. The molecule has 0 spiro atoms. The standard InChI is InChI=1S/C14H18F2N2/c1-11(2)9-18(7-3-6-17)10-12-4-5-13(15)14(16)8-12/h4-5,8,11H,3,7,9-10H2,1-2H3. The van der Waals surface area contributed by atoms with E-state index < -0.39 is 11.6 Å². The van der Waals surface area contributed by atoms with Crippen LogP contribution in [0, 0.1) is 28.9 Å². The lowest BCUT2D eigenvalue weighted by molar-refractivity contribution is 0.241. The molecule has 1 aromatic rings. The lowest BCUT2D eigenvalue weighted by Gasteiger charge is -2.23. The van der Waals surface area contributed by atoms with Gasteiger partial charge in [-0.2, -0.15) is 5.26 Å². The maximum atomic E-state index is 13.1. The molecule has 0 saturated heterocycles. The van der Waals surface area contributed by atoms with Gasteiger partial charge in [0, 0.05) is 26.1 Å². The molecule has 0 aliphatic heterocycles. The van der Waals surface area contributed by atoms with Crippen molar-refractivity contribution in [2.45, 2.75) is 26.8 Å². The average molecular weight is 252 g/mol. The molecule has 1 rings (SSSR count). The molecule has 0 heterocycles. The van der Waals surface area contributed by atoms with Crippen LogP contribution in [0.2, 0.25) is 0 Å². The topological polar surface area (TPSA) is 27.0 Å². The molecule has 1 aromatic carbocycles. The fraction of sp³-hybridized carbons (Fsp3) is 0.500. The lowest BCUT2D eigenvalue weighted by Crippen LogP contribution is -2.28. The number of nitriles is 1. The number of halogens is 2. The van der Waals surface area contributed by atoms with E-state index in [-0.39, 0.29) is 0 Å². The van der Waals surface area contributed by atoms with Crippen LogP contribution in [-0.4, -0.2) is 18.0 Å². The first-order valence-corrected chi connectivity index (χ1v) is 6.06. The molecule has 0 unspecified atom stereocenters. The van der Waals surface area contributed by atoms with Crippen LogP contribution >= 0.6 is 0 Å². The molecular weight excluding hydrogens is 234 g/mol. The molecule has 98 valence electrons. The third-order valence-corrected chi connectivity index (χ3v) is 2.55. The minimum Gasteiger partial charge on any atom is -0.298 e. The van der Waals surface area contributed by atoms with Gasteiger partial charge in [-0.1, -0.05) is 19.9 Å². The van der Waals surface area contributed by atoms with E-state index in [0.717, 1.165) is 18.2 Å². The van der Waals surface area contributed by atoms with E-state index in [0.29, 0.717) is 25.4 Å². The van der Waals surface area contributed by atoms with E-state index in [2.05, 4.69) is 24.8 Å². The maximum absolute atomic E-state index is 13.1. The van der Waals surface area contributed by atoms with Gasteiger partial charge in [-0.05, 0) is 23.6 Å². The number of rotatable bonds is 6. The van der Waals surface area contributed by atoms with Crippen molar-refractivity contribution >= 4 is 0 Å². The van der Waals surface area contributed by atoms with Crippen LogP contribution in [0.25, 0.3) is 0 Å². The molecule has 0 bridgehead atoms. The average Bonchev–Trinajstić information content (AvgIpc) is 2.30. The summed E-state index contributed by atoms with van der Waals surface area (Å²) >= 11 is 0. The Labute approximate surface area is 107 Å². The minimum atomic E-state index is -0.828. The van der Waals surface area contributed by atoms with Crippen LogP contribution in [-0.2, 0) is 6.54 Å². The van der Waals surface area contributed by atoms with Crippen molar-refractivity contribution < 1.29 is 8.78 Å². The highest BCUT2D eigenvalue weighted by Gasteiger charge is 2.10. The zero-order chi connectivity index (χ0) is 13.5. The monoisotopic (exact) mass is 252 g/mol. The van der Waals surface area contributed by atoms with Crippen LogP contribution < -0.4 is 0 Å². The largest absolute Gasteiger partial charge is 0.298 e. The van der Waals surface area contributed by atoms with Crippen molar-refractivity contribution in [2.24, 2.45) is 5.92 Å². The first kappa shape index (κ1) is 14.6. The summed E-state index contributed by atoms with van der Waals surface area (Å²) in [6.45, 7) is 6.20. The van der Waals surface area contributed by atoms with Crippen LogP contribution in [0.1, 0.15) is 25.8 Å². The molecule has 0 N–H and O–H groups in total. The third-order valence-electron chi connectivity index (χ3n) is 2.55.